The number of aryl methyl sites for hydroxylation is 1. The number of rotatable bonds is 3. The summed E-state index contributed by atoms with van der Waals surface area (Å²) in [6.45, 7) is 5.29. The van der Waals surface area contributed by atoms with E-state index < -0.39 is 0 Å². The quantitative estimate of drug-likeness (QED) is 0.867. The molecule has 1 aliphatic carbocycles. The van der Waals surface area contributed by atoms with Crippen molar-refractivity contribution >= 4 is 5.69 Å². The van der Waals surface area contributed by atoms with E-state index in [0.717, 1.165) is 19.4 Å². The molecule has 0 radical (unpaired) electrons. The predicted octanol–water partition coefficient (Wildman–Crippen LogP) is 3.12. The zero-order valence-corrected chi connectivity index (χ0v) is 10.9. The van der Waals surface area contributed by atoms with Crippen LogP contribution in [0, 0.1) is 6.92 Å². The molecule has 2 heteroatoms. The molecule has 1 aromatic carbocycles. The van der Waals surface area contributed by atoms with Gasteiger partial charge in [0.25, 0.3) is 0 Å². The van der Waals surface area contributed by atoms with Crippen LogP contribution in [-0.4, -0.2) is 23.8 Å². The van der Waals surface area contributed by atoms with E-state index in [-0.39, 0.29) is 6.10 Å². The monoisotopic (exact) mass is 233 g/mol. The highest BCUT2D eigenvalue weighted by atomic mass is 16.3. The van der Waals surface area contributed by atoms with E-state index in [9.17, 15) is 5.11 Å². The Labute approximate surface area is 104 Å². The second-order valence-corrected chi connectivity index (χ2v) is 4.99. The highest BCUT2D eigenvalue weighted by Gasteiger charge is 2.28. The van der Waals surface area contributed by atoms with E-state index in [1.165, 1.54) is 24.1 Å². The van der Waals surface area contributed by atoms with Gasteiger partial charge in [0.2, 0.25) is 0 Å². The van der Waals surface area contributed by atoms with Crippen LogP contribution < -0.4 is 4.90 Å². The summed E-state index contributed by atoms with van der Waals surface area (Å²) in [5, 5.41) is 10.2. The zero-order chi connectivity index (χ0) is 12.3. The number of nitrogens with zero attached hydrogens (tertiary/aromatic N) is 1. The summed E-state index contributed by atoms with van der Waals surface area (Å²) in [7, 11) is 0. The van der Waals surface area contributed by atoms with Gasteiger partial charge in [0, 0.05) is 12.2 Å². The summed E-state index contributed by atoms with van der Waals surface area (Å²) in [4.78, 5) is 2.37. The largest absolute Gasteiger partial charge is 0.391 e. The summed E-state index contributed by atoms with van der Waals surface area (Å²) in [6.07, 6.45) is 4.31. The third-order valence-electron chi connectivity index (χ3n) is 3.86. The summed E-state index contributed by atoms with van der Waals surface area (Å²) in [5.41, 5.74) is 2.58. The second kappa shape index (κ2) is 5.54. The molecule has 17 heavy (non-hydrogen) atoms. The number of aliphatic hydroxyl groups is 1. The Morgan fingerprint density at radius 1 is 1.24 bits per heavy atom. The average Bonchev–Trinajstić information content (AvgIpc) is 2.34. The van der Waals surface area contributed by atoms with E-state index in [4.69, 9.17) is 0 Å². The number of para-hydroxylation sites is 1. The zero-order valence-electron chi connectivity index (χ0n) is 10.9. The summed E-state index contributed by atoms with van der Waals surface area (Å²) in [6, 6.07) is 8.77. The minimum Gasteiger partial charge on any atom is -0.391 e. The fourth-order valence-electron chi connectivity index (χ4n) is 2.92. The first-order valence-electron chi connectivity index (χ1n) is 6.74. The number of anilines is 1. The maximum Gasteiger partial charge on any atom is 0.0743 e. The third kappa shape index (κ3) is 2.63. The van der Waals surface area contributed by atoms with Crippen molar-refractivity contribution in [2.24, 2.45) is 0 Å². The van der Waals surface area contributed by atoms with Crippen LogP contribution in [0.15, 0.2) is 24.3 Å². The number of likely N-dealkylation sites (N-methyl/N-ethyl adjacent to an activating group) is 1. The summed E-state index contributed by atoms with van der Waals surface area (Å²) in [5.74, 6) is 0. The van der Waals surface area contributed by atoms with Gasteiger partial charge < -0.3 is 10.0 Å². The number of hydrogen-bond donors (Lipinski definition) is 1. The van der Waals surface area contributed by atoms with Crippen LogP contribution in [-0.2, 0) is 0 Å². The second-order valence-electron chi connectivity index (χ2n) is 4.99. The van der Waals surface area contributed by atoms with E-state index in [1.807, 2.05) is 0 Å². The fraction of sp³-hybridized carbons (Fsp3) is 0.600. The average molecular weight is 233 g/mol. The molecule has 0 bridgehead atoms. The molecular weight excluding hydrogens is 210 g/mol. The Morgan fingerprint density at radius 3 is 2.59 bits per heavy atom. The van der Waals surface area contributed by atoms with Gasteiger partial charge in [0.15, 0.2) is 0 Å². The molecule has 1 aromatic rings. The van der Waals surface area contributed by atoms with Gasteiger partial charge in [-0.1, -0.05) is 31.0 Å². The summed E-state index contributed by atoms with van der Waals surface area (Å²) >= 11 is 0. The maximum atomic E-state index is 10.2. The molecule has 2 unspecified atom stereocenters. The van der Waals surface area contributed by atoms with Gasteiger partial charge in [-0.25, -0.2) is 0 Å². The van der Waals surface area contributed by atoms with Crippen LogP contribution in [0.3, 0.4) is 0 Å². The van der Waals surface area contributed by atoms with Crippen molar-refractivity contribution in [2.45, 2.75) is 51.7 Å². The van der Waals surface area contributed by atoms with Crippen molar-refractivity contribution in [2.75, 3.05) is 11.4 Å². The van der Waals surface area contributed by atoms with Crippen molar-refractivity contribution in [3.63, 3.8) is 0 Å². The first-order chi connectivity index (χ1) is 8.24. The molecular formula is C15H23NO. The SMILES string of the molecule is CCN(c1ccccc1C)C1CCCCC1O. The smallest absolute Gasteiger partial charge is 0.0743 e. The van der Waals surface area contributed by atoms with Crippen LogP contribution in [0.25, 0.3) is 0 Å². The first-order valence-corrected chi connectivity index (χ1v) is 6.74. The Balaban J connectivity index is 2.23. The lowest BCUT2D eigenvalue weighted by Crippen LogP contribution is -2.45. The standard InChI is InChI=1S/C15H23NO/c1-3-16(13-9-5-4-8-12(13)2)14-10-6-7-11-15(14)17/h4-5,8-9,14-15,17H,3,6-7,10-11H2,1-2H3. The molecule has 94 valence electrons. The Morgan fingerprint density at radius 2 is 1.94 bits per heavy atom. The molecule has 0 saturated heterocycles. The van der Waals surface area contributed by atoms with E-state index >= 15 is 0 Å². The van der Waals surface area contributed by atoms with Crippen LogP contribution in [0.4, 0.5) is 5.69 Å². The van der Waals surface area contributed by atoms with E-state index in [0.29, 0.717) is 6.04 Å². The molecule has 1 saturated carbocycles. The molecule has 0 spiro atoms. The van der Waals surface area contributed by atoms with Gasteiger partial charge in [-0.15, -0.1) is 0 Å². The van der Waals surface area contributed by atoms with Crippen LogP contribution in [0.5, 0.6) is 0 Å². The minimum atomic E-state index is -0.164. The summed E-state index contributed by atoms with van der Waals surface area (Å²) < 4.78 is 0. The molecule has 0 heterocycles. The van der Waals surface area contributed by atoms with E-state index in [1.54, 1.807) is 0 Å². The van der Waals surface area contributed by atoms with Crippen molar-refractivity contribution in [1.82, 2.24) is 0 Å². The van der Waals surface area contributed by atoms with Crippen molar-refractivity contribution < 1.29 is 5.11 Å². The lowest BCUT2D eigenvalue weighted by atomic mass is 9.90. The third-order valence-corrected chi connectivity index (χ3v) is 3.86. The lowest BCUT2D eigenvalue weighted by Gasteiger charge is -2.39. The van der Waals surface area contributed by atoms with Gasteiger partial charge >= 0.3 is 0 Å². The van der Waals surface area contributed by atoms with Gasteiger partial charge in [-0.3, -0.25) is 0 Å². The Kier molecular flexibility index (Phi) is 4.06. The topological polar surface area (TPSA) is 23.5 Å². The molecule has 2 nitrogen and oxygen atoms in total. The number of hydrogen-bond acceptors (Lipinski definition) is 2. The molecule has 2 rings (SSSR count). The lowest BCUT2D eigenvalue weighted by molar-refractivity contribution is 0.104. The maximum absolute atomic E-state index is 10.2. The molecule has 0 aromatic heterocycles. The predicted molar refractivity (Wildman–Crippen MR) is 72.5 cm³/mol. The minimum absolute atomic E-state index is 0.164. The van der Waals surface area contributed by atoms with Gasteiger partial charge in [-0.2, -0.15) is 0 Å². The van der Waals surface area contributed by atoms with E-state index in [2.05, 4.69) is 43.0 Å². The Hall–Kier alpha value is -1.02. The fourth-order valence-corrected chi connectivity index (χ4v) is 2.92. The normalized spacial score (nSPS) is 24.6. The van der Waals surface area contributed by atoms with Gasteiger partial charge in [0.05, 0.1) is 12.1 Å². The molecule has 1 fully saturated rings. The van der Waals surface area contributed by atoms with Crippen molar-refractivity contribution in [1.29, 1.82) is 0 Å². The highest BCUT2D eigenvalue weighted by molar-refractivity contribution is 5.54. The van der Waals surface area contributed by atoms with Crippen molar-refractivity contribution in [3.8, 4) is 0 Å². The molecule has 0 aliphatic heterocycles. The number of benzene rings is 1. The van der Waals surface area contributed by atoms with Gasteiger partial charge in [0.1, 0.15) is 0 Å². The highest BCUT2D eigenvalue weighted by Crippen LogP contribution is 2.29. The molecule has 0 amide bonds. The molecule has 2 atom stereocenters. The van der Waals surface area contributed by atoms with Crippen LogP contribution in [0.2, 0.25) is 0 Å². The Bertz CT molecular complexity index is 364. The van der Waals surface area contributed by atoms with Crippen molar-refractivity contribution in [3.05, 3.63) is 29.8 Å². The van der Waals surface area contributed by atoms with Crippen LogP contribution in [0.1, 0.15) is 38.2 Å². The first kappa shape index (κ1) is 12.4. The number of aliphatic hydroxyl groups excluding tert-OH is 1. The van der Waals surface area contributed by atoms with Crippen LogP contribution >= 0.6 is 0 Å². The molecule has 1 N–H and O–H groups in total. The molecule has 1 aliphatic rings. The van der Waals surface area contributed by atoms with Gasteiger partial charge in [-0.05, 0) is 38.3 Å².